The maximum atomic E-state index is 12.4. The summed E-state index contributed by atoms with van der Waals surface area (Å²) in [5.41, 5.74) is 3.38. The van der Waals surface area contributed by atoms with Crippen molar-refractivity contribution in [2.24, 2.45) is 0 Å². The van der Waals surface area contributed by atoms with E-state index in [1.165, 1.54) is 0 Å². The predicted molar refractivity (Wildman–Crippen MR) is 80.2 cm³/mol. The standard InChI is InChI=1S/C16H24N2O2/c1-12-13(2)15(20-3)6-5-14(12)11-16(19)18-9-4-7-17-8-10-18/h5-6,17H,4,7-11H2,1-3H3. The molecular formula is C16H24N2O2. The lowest BCUT2D eigenvalue weighted by atomic mass is 9.99. The summed E-state index contributed by atoms with van der Waals surface area (Å²) in [4.78, 5) is 14.4. The quantitative estimate of drug-likeness (QED) is 0.913. The summed E-state index contributed by atoms with van der Waals surface area (Å²) < 4.78 is 5.32. The second kappa shape index (κ2) is 6.75. The largest absolute Gasteiger partial charge is 0.496 e. The zero-order chi connectivity index (χ0) is 14.5. The molecule has 0 atom stereocenters. The van der Waals surface area contributed by atoms with E-state index in [-0.39, 0.29) is 5.91 Å². The van der Waals surface area contributed by atoms with Crippen LogP contribution in [0.15, 0.2) is 12.1 Å². The monoisotopic (exact) mass is 276 g/mol. The second-order valence-corrected chi connectivity index (χ2v) is 5.34. The van der Waals surface area contributed by atoms with E-state index in [9.17, 15) is 4.79 Å². The van der Waals surface area contributed by atoms with Gasteiger partial charge in [0.25, 0.3) is 0 Å². The van der Waals surface area contributed by atoms with Crippen molar-refractivity contribution in [1.82, 2.24) is 10.2 Å². The number of ether oxygens (including phenoxy) is 1. The Bertz CT molecular complexity index is 478. The third kappa shape index (κ3) is 3.31. The van der Waals surface area contributed by atoms with Crippen molar-refractivity contribution in [2.45, 2.75) is 26.7 Å². The summed E-state index contributed by atoms with van der Waals surface area (Å²) >= 11 is 0. The molecule has 0 radical (unpaired) electrons. The van der Waals surface area contributed by atoms with E-state index >= 15 is 0 Å². The van der Waals surface area contributed by atoms with E-state index < -0.39 is 0 Å². The van der Waals surface area contributed by atoms with Crippen molar-refractivity contribution in [3.8, 4) is 5.75 Å². The Hall–Kier alpha value is -1.55. The van der Waals surface area contributed by atoms with Gasteiger partial charge in [-0.25, -0.2) is 0 Å². The van der Waals surface area contributed by atoms with E-state index in [0.717, 1.165) is 55.0 Å². The number of hydrogen-bond donors (Lipinski definition) is 1. The lowest BCUT2D eigenvalue weighted by molar-refractivity contribution is -0.130. The molecule has 1 N–H and O–H groups in total. The lowest BCUT2D eigenvalue weighted by Gasteiger charge is -2.21. The average Bonchev–Trinajstić information content (AvgIpc) is 2.73. The molecule has 20 heavy (non-hydrogen) atoms. The first kappa shape index (κ1) is 14.9. The van der Waals surface area contributed by atoms with Crippen LogP contribution in [0, 0.1) is 13.8 Å². The number of carbonyl (C=O) groups is 1. The van der Waals surface area contributed by atoms with Crippen LogP contribution in [0.4, 0.5) is 0 Å². The molecule has 0 unspecified atom stereocenters. The first-order valence-electron chi connectivity index (χ1n) is 7.25. The molecule has 1 aliphatic rings. The molecule has 1 aromatic rings. The zero-order valence-electron chi connectivity index (χ0n) is 12.7. The van der Waals surface area contributed by atoms with Gasteiger partial charge in [0.15, 0.2) is 0 Å². The normalized spacial score (nSPS) is 15.8. The highest BCUT2D eigenvalue weighted by molar-refractivity contribution is 5.79. The average molecular weight is 276 g/mol. The Morgan fingerprint density at radius 1 is 1.25 bits per heavy atom. The molecule has 0 aromatic heterocycles. The molecule has 4 heteroatoms. The van der Waals surface area contributed by atoms with Gasteiger partial charge >= 0.3 is 0 Å². The van der Waals surface area contributed by atoms with Crippen LogP contribution in [-0.2, 0) is 11.2 Å². The Morgan fingerprint density at radius 2 is 2.05 bits per heavy atom. The van der Waals surface area contributed by atoms with Gasteiger partial charge in [0.05, 0.1) is 13.5 Å². The maximum Gasteiger partial charge on any atom is 0.227 e. The minimum absolute atomic E-state index is 0.223. The van der Waals surface area contributed by atoms with Gasteiger partial charge in [-0.2, -0.15) is 0 Å². The van der Waals surface area contributed by atoms with Gasteiger partial charge in [-0.15, -0.1) is 0 Å². The zero-order valence-corrected chi connectivity index (χ0v) is 12.7. The Labute approximate surface area is 121 Å². The molecule has 0 aliphatic carbocycles. The molecule has 0 bridgehead atoms. The summed E-state index contributed by atoms with van der Waals surface area (Å²) in [6.07, 6.45) is 1.52. The molecule has 2 rings (SSSR count). The van der Waals surface area contributed by atoms with Crippen LogP contribution >= 0.6 is 0 Å². The van der Waals surface area contributed by atoms with Crippen molar-refractivity contribution in [2.75, 3.05) is 33.3 Å². The molecule has 1 aromatic carbocycles. The van der Waals surface area contributed by atoms with Gasteiger partial charge in [0, 0.05) is 19.6 Å². The van der Waals surface area contributed by atoms with Crippen LogP contribution < -0.4 is 10.1 Å². The Kier molecular flexibility index (Phi) is 5.01. The SMILES string of the molecule is COc1ccc(CC(=O)N2CCCNCC2)c(C)c1C. The van der Waals surface area contributed by atoms with Crippen LogP contribution in [-0.4, -0.2) is 44.1 Å². The van der Waals surface area contributed by atoms with Gasteiger partial charge in [0.1, 0.15) is 5.75 Å². The van der Waals surface area contributed by atoms with E-state index in [1.54, 1.807) is 7.11 Å². The second-order valence-electron chi connectivity index (χ2n) is 5.34. The molecule has 0 saturated carbocycles. The van der Waals surface area contributed by atoms with Gasteiger partial charge in [-0.3, -0.25) is 4.79 Å². The summed E-state index contributed by atoms with van der Waals surface area (Å²) in [7, 11) is 1.68. The fourth-order valence-electron chi connectivity index (χ4n) is 2.63. The van der Waals surface area contributed by atoms with Crippen molar-refractivity contribution < 1.29 is 9.53 Å². The predicted octanol–water partition coefficient (Wildman–Crippen LogP) is 1.68. The van der Waals surface area contributed by atoms with Crippen LogP contribution in [0.25, 0.3) is 0 Å². The minimum atomic E-state index is 0.223. The van der Waals surface area contributed by atoms with Crippen LogP contribution in [0.5, 0.6) is 5.75 Å². The van der Waals surface area contributed by atoms with E-state index in [4.69, 9.17) is 4.74 Å². The molecule has 1 fully saturated rings. The van der Waals surface area contributed by atoms with Crippen LogP contribution in [0.1, 0.15) is 23.1 Å². The number of amides is 1. The molecule has 1 amide bonds. The number of methoxy groups -OCH3 is 1. The minimum Gasteiger partial charge on any atom is -0.496 e. The number of carbonyl (C=O) groups excluding carboxylic acids is 1. The molecule has 0 spiro atoms. The van der Waals surface area contributed by atoms with Crippen molar-refractivity contribution in [3.05, 3.63) is 28.8 Å². The number of benzene rings is 1. The number of rotatable bonds is 3. The number of hydrogen-bond acceptors (Lipinski definition) is 3. The summed E-state index contributed by atoms with van der Waals surface area (Å²) in [6, 6.07) is 3.96. The van der Waals surface area contributed by atoms with E-state index in [0.29, 0.717) is 6.42 Å². The number of nitrogens with one attached hydrogen (secondary N) is 1. The highest BCUT2D eigenvalue weighted by atomic mass is 16.5. The molecule has 1 heterocycles. The molecule has 4 nitrogen and oxygen atoms in total. The molecule has 110 valence electrons. The van der Waals surface area contributed by atoms with Crippen molar-refractivity contribution >= 4 is 5.91 Å². The van der Waals surface area contributed by atoms with Gasteiger partial charge < -0.3 is 15.0 Å². The third-order valence-corrected chi connectivity index (χ3v) is 4.10. The molecule has 1 saturated heterocycles. The topological polar surface area (TPSA) is 41.6 Å². The van der Waals surface area contributed by atoms with Crippen molar-refractivity contribution in [1.29, 1.82) is 0 Å². The summed E-state index contributed by atoms with van der Waals surface area (Å²) in [6.45, 7) is 7.67. The van der Waals surface area contributed by atoms with Gasteiger partial charge in [-0.1, -0.05) is 6.07 Å². The summed E-state index contributed by atoms with van der Waals surface area (Å²) in [5.74, 6) is 1.11. The smallest absolute Gasteiger partial charge is 0.227 e. The van der Waals surface area contributed by atoms with Crippen LogP contribution in [0.3, 0.4) is 0 Å². The van der Waals surface area contributed by atoms with E-state index in [2.05, 4.69) is 12.2 Å². The van der Waals surface area contributed by atoms with E-state index in [1.807, 2.05) is 24.0 Å². The molecule has 1 aliphatic heterocycles. The Morgan fingerprint density at radius 3 is 2.80 bits per heavy atom. The third-order valence-electron chi connectivity index (χ3n) is 4.10. The van der Waals surface area contributed by atoms with Gasteiger partial charge in [-0.05, 0) is 49.6 Å². The fraction of sp³-hybridized carbons (Fsp3) is 0.562. The van der Waals surface area contributed by atoms with Crippen LogP contribution in [0.2, 0.25) is 0 Å². The summed E-state index contributed by atoms with van der Waals surface area (Å²) in [5, 5.41) is 3.32. The first-order chi connectivity index (χ1) is 9.63. The fourth-order valence-corrected chi connectivity index (χ4v) is 2.63. The maximum absolute atomic E-state index is 12.4. The highest BCUT2D eigenvalue weighted by Crippen LogP contribution is 2.24. The first-order valence-corrected chi connectivity index (χ1v) is 7.25. The van der Waals surface area contributed by atoms with Gasteiger partial charge in [0.2, 0.25) is 5.91 Å². The Balaban J connectivity index is 2.09. The number of nitrogens with zero attached hydrogens (tertiary/aromatic N) is 1. The highest BCUT2D eigenvalue weighted by Gasteiger charge is 2.17. The van der Waals surface area contributed by atoms with Crippen molar-refractivity contribution in [3.63, 3.8) is 0 Å². The molecular weight excluding hydrogens is 252 g/mol. The lowest BCUT2D eigenvalue weighted by Crippen LogP contribution is -2.35.